The molecule has 2 heterocycles. The summed E-state index contributed by atoms with van der Waals surface area (Å²) < 4.78 is 17.0. The van der Waals surface area contributed by atoms with E-state index in [9.17, 15) is 23.4 Å². The summed E-state index contributed by atoms with van der Waals surface area (Å²) in [5.74, 6) is -2.61. The van der Waals surface area contributed by atoms with Crippen molar-refractivity contribution in [3.63, 3.8) is 0 Å². The first-order valence-electron chi connectivity index (χ1n) is 8.66. The first-order valence-corrected chi connectivity index (χ1v) is 11.4. The number of ether oxygens (including phenoxy) is 1. The van der Waals surface area contributed by atoms with E-state index in [-0.39, 0.29) is 16.6 Å². The molecular weight excluding hydrogens is 515 g/mol. The van der Waals surface area contributed by atoms with Gasteiger partial charge in [-0.15, -0.1) is 0 Å². The maximum atomic E-state index is 12.9. The Balaban J connectivity index is 1.69. The Morgan fingerprint density at radius 2 is 1.90 bits per heavy atom. The second-order valence-electron chi connectivity index (χ2n) is 7.24. The molecule has 0 bridgehead atoms. The Labute approximate surface area is 182 Å². The zero-order chi connectivity index (χ0) is 21.5. The van der Waals surface area contributed by atoms with Crippen LogP contribution in [0.15, 0.2) is 24.3 Å². The molecule has 0 spiro atoms. The molecule has 2 amide bonds. The number of amides is 2. The maximum absolute atomic E-state index is 12.9. The van der Waals surface area contributed by atoms with Crippen LogP contribution < -0.4 is 5.32 Å². The number of fused-ring (bicyclic) bond motifs is 1. The molecule has 9 nitrogen and oxygen atoms in total. The summed E-state index contributed by atoms with van der Waals surface area (Å²) in [6.07, 6.45) is -0.0628. The highest BCUT2D eigenvalue weighted by Crippen LogP contribution is 2.43. The summed E-state index contributed by atoms with van der Waals surface area (Å²) in [6, 6.07) is 3.87. The number of carboxylic acid groups (broad SMARTS) is 1. The standard InChI is InChI=1S/C18H19IN2O7S/c1-18(2)13(17(26)28-8-19)21-14(23)12(15(21)29(18)27)20-11(22)7-9-3-5-10(6-4-9)16(24)25/h3-6,12-13,15H,7-8H2,1-2H3,(H,20,22)(H,24,25)/t12-,13+,15-,29+/m1/s1. The molecule has 0 aromatic heterocycles. The summed E-state index contributed by atoms with van der Waals surface area (Å²) in [6.45, 7) is 3.27. The number of hydrogen-bond acceptors (Lipinski definition) is 6. The van der Waals surface area contributed by atoms with Crippen molar-refractivity contribution in [3.8, 4) is 0 Å². The summed E-state index contributed by atoms with van der Waals surface area (Å²) in [5.41, 5.74) is 0.680. The quantitative estimate of drug-likeness (QED) is 0.234. The minimum atomic E-state index is -1.58. The summed E-state index contributed by atoms with van der Waals surface area (Å²) in [5, 5.41) is 10.7. The second-order valence-corrected chi connectivity index (χ2v) is 9.99. The van der Waals surface area contributed by atoms with Gasteiger partial charge in [0.2, 0.25) is 11.8 Å². The number of carbonyl (C=O) groups excluding carboxylic acids is 3. The number of carbonyl (C=O) groups is 4. The van der Waals surface area contributed by atoms with E-state index < -0.39 is 56.8 Å². The van der Waals surface area contributed by atoms with Gasteiger partial charge in [0.1, 0.15) is 22.1 Å². The lowest BCUT2D eigenvalue weighted by molar-refractivity contribution is -0.163. The SMILES string of the molecule is CC1(C)[C@H](C(=O)OCI)N2C(=O)[C@@H](NC(=O)Cc3ccc(C(=O)O)cc3)[C@H]2[S@@]1=O. The smallest absolute Gasteiger partial charge is 0.335 e. The van der Waals surface area contributed by atoms with Crippen LogP contribution in [-0.2, 0) is 36.3 Å². The van der Waals surface area contributed by atoms with Crippen molar-refractivity contribution in [1.29, 1.82) is 0 Å². The van der Waals surface area contributed by atoms with Gasteiger partial charge in [-0.1, -0.05) is 12.1 Å². The highest BCUT2D eigenvalue weighted by molar-refractivity contribution is 14.1. The number of nitrogens with zero attached hydrogens (tertiary/aromatic N) is 1. The van der Waals surface area contributed by atoms with Gasteiger partial charge in [-0.2, -0.15) is 0 Å². The van der Waals surface area contributed by atoms with Crippen LogP contribution >= 0.6 is 22.6 Å². The molecule has 2 N–H and O–H groups in total. The highest BCUT2D eigenvalue weighted by Gasteiger charge is 2.68. The van der Waals surface area contributed by atoms with E-state index in [0.717, 1.165) is 0 Å². The topological polar surface area (TPSA) is 130 Å². The Morgan fingerprint density at radius 1 is 1.28 bits per heavy atom. The third-order valence-corrected chi connectivity index (χ3v) is 7.57. The number of hydrogen-bond donors (Lipinski definition) is 2. The number of aromatic carboxylic acids is 1. The van der Waals surface area contributed by atoms with Crippen molar-refractivity contribution in [1.82, 2.24) is 10.2 Å². The van der Waals surface area contributed by atoms with Gasteiger partial charge in [0.15, 0.2) is 0 Å². The fraction of sp³-hybridized carbons (Fsp3) is 0.444. The molecule has 0 radical (unpaired) electrons. The number of halogens is 1. The van der Waals surface area contributed by atoms with E-state index >= 15 is 0 Å². The van der Waals surface area contributed by atoms with Gasteiger partial charge in [0, 0.05) is 0 Å². The number of alkyl halides is 1. The average molecular weight is 534 g/mol. The van der Waals surface area contributed by atoms with Gasteiger partial charge < -0.3 is 20.1 Å². The third-order valence-electron chi connectivity index (χ3n) is 5.06. The fourth-order valence-corrected chi connectivity index (χ4v) is 5.80. The molecule has 2 aliphatic heterocycles. The third kappa shape index (κ3) is 3.77. The maximum Gasteiger partial charge on any atom is 0.335 e. The lowest BCUT2D eigenvalue weighted by Crippen LogP contribution is -2.71. The molecule has 1 aromatic carbocycles. The average Bonchev–Trinajstić information content (AvgIpc) is 2.84. The number of esters is 1. The molecule has 11 heteroatoms. The number of carboxylic acids is 1. The zero-order valence-electron chi connectivity index (χ0n) is 15.6. The van der Waals surface area contributed by atoms with Gasteiger partial charge in [0.05, 0.1) is 27.5 Å². The zero-order valence-corrected chi connectivity index (χ0v) is 18.6. The van der Waals surface area contributed by atoms with Crippen LogP contribution in [0.4, 0.5) is 0 Å². The Morgan fingerprint density at radius 3 is 2.45 bits per heavy atom. The fourth-order valence-electron chi connectivity index (χ4n) is 3.58. The molecular formula is C18H19IN2O7S. The summed E-state index contributed by atoms with van der Waals surface area (Å²) in [7, 11) is -1.58. The molecule has 2 aliphatic rings. The van der Waals surface area contributed by atoms with E-state index in [1.165, 1.54) is 29.2 Å². The Kier molecular flexibility index (Phi) is 5.99. The van der Waals surface area contributed by atoms with Crippen molar-refractivity contribution in [2.75, 3.05) is 4.61 Å². The van der Waals surface area contributed by atoms with E-state index in [1.807, 2.05) is 22.6 Å². The Hall–Kier alpha value is -2.02. The van der Waals surface area contributed by atoms with E-state index in [0.29, 0.717) is 5.56 Å². The number of benzene rings is 1. The minimum absolute atomic E-state index is 0.0628. The second kappa shape index (κ2) is 8.01. The molecule has 1 aromatic rings. The molecule has 29 heavy (non-hydrogen) atoms. The first kappa shape index (κ1) is 21.7. The highest BCUT2D eigenvalue weighted by atomic mass is 127. The van der Waals surface area contributed by atoms with Gasteiger partial charge in [-0.25, -0.2) is 9.59 Å². The van der Waals surface area contributed by atoms with Crippen LogP contribution in [0, 0.1) is 0 Å². The van der Waals surface area contributed by atoms with Crippen LogP contribution in [0.1, 0.15) is 29.8 Å². The predicted octanol–water partition coefficient (Wildman–Crippen LogP) is 0.426. The van der Waals surface area contributed by atoms with Crippen LogP contribution in [0.25, 0.3) is 0 Å². The van der Waals surface area contributed by atoms with Crippen molar-refractivity contribution >= 4 is 57.1 Å². The molecule has 2 saturated heterocycles. The summed E-state index contributed by atoms with van der Waals surface area (Å²) in [4.78, 5) is 49.4. The normalized spacial score (nSPS) is 27.0. The number of β-lactam (4-membered cyclic amide) rings is 1. The number of rotatable bonds is 6. The lowest BCUT2D eigenvalue weighted by Gasteiger charge is -2.43. The van der Waals surface area contributed by atoms with Crippen molar-refractivity contribution in [2.45, 2.75) is 42.5 Å². The minimum Gasteiger partial charge on any atom is -0.478 e. The summed E-state index contributed by atoms with van der Waals surface area (Å²) >= 11 is 1.87. The molecule has 0 unspecified atom stereocenters. The monoisotopic (exact) mass is 534 g/mol. The van der Waals surface area contributed by atoms with Crippen LogP contribution in [0.5, 0.6) is 0 Å². The first-order chi connectivity index (χ1) is 13.6. The molecule has 156 valence electrons. The van der Waals surface area contributed by atoms with E-state index in [1.54, 1.807) is 13.8 Å². The lowest BCUT2D eigenvalue weighted by atomic mass is 9.96. The van der Waals surface area contributed by atoms with Gasteiger partial charge >= 0.3 is 11.9 Å². The van der Waals surface area contributed by atoms with E-state index in [2.05, 4.69) is 5.32 Å². The van der Waals surface area contributed by atoms with Crippen molar-refractivity contribution < 1.29 is 33.2 Å². The van der Waals surface area contributed by atoms with Crippen LogP contribution in [0.2, 0.25) is 0 Å². The largest absolute Gasteiger partial charge is 0.478 e. The van der Waals surface area contributed by atoms with Crippen LogP contribution in [-0.4, -0.2) is 64.8 Å². The van der Waals surface area contributed by atoms with Crippen molar-refractivity contribution in [3.05, 3.63) is 35.4 Å². The van der Waals surface area contributed by atoms with Crippen LogP contribution in [0.3, 0.4) is 0 Å². The molecule has 0 aliphatic carbocycles. The van der Waals surface area contributed by atoms with E-state index in [4.69, 9.17) is 9.84 Å². The molecule has 2 fully saturated rings. The van der Waals surface area contributed by atoms with Gasteiger partial charge in [-0.05, 0) is 54.1 Å². The molecule has 3 rings (SSSR count). The van der Waals surface area contributed by atoms with Gasteiger partial charge in [0.25, 0.3) is 0 Å². The van der Waals surface area contributed by atoms with Gasteiger partial charge in [-0.3, -0.25) is 13.8 Å². The molecule has 4 atom stereocenters. The Bertz CT molecular complexity index is 902. The number of nitrogens with one attached hydrogen (secondary N) is 1. The molecule has 0 saturated carbocycles. The van der Waals surface area contributed by atoms with Crippen molar-refractivity contribution in [2.24, 2.45) is 0 Å². The predicted molar refractivity (Wildman–Crippen MR) is 111 cm³/mol.